The molecule has 3 amide bonds. The minimum Gasteiger partial charge on any atom is -0.338 e. The van der Waals surface area contributed by atoms with E-state index >= 15 is 0 Å². The molecule has 2 aromatic rings. The number of para-hydroxylation sites is 1. The van der Waals surface area contributed by atoms with Gasteiger partial charge in [0.05, 0.1) is 11.4 Å². The van der Waals surface area contributed by atoms with Crippen LogP contribution in [0.5, 0.6) is 0 Å². The van der Waals surface area contributed by atoms with E-state index in [-0.39, 0.29) is 18.2 Å². The summed E-state index contributed by atoms with van der Waals surface area (Å²) < 4.78 is 26.8. The monoisotopic (exact) mass is 442 g/mol. The first-order valence-corrected chi connectivity index (χ1v) is 12.0. The molecule has 0 bridgehead atoms. The van der Waals surface area contributed by atoms with Gasteiger partial charge in [0.2, 0.25) is 15.9 Å². The molecule has 0 aliphatic carbocycles. The summed E-state index contributed by atoms with van der Waals surface area (Å²) in [4.78, 5) is 25.8. The number of carbonyl (C=O) groups is 2. The molecule has 4 rings (SSSR count). The molecule has 0 saturated carbocycles. The van der Waals surface area contributed by atoms with Gasteiger partial charge in [0.15, 0.2) is 0 Å². The minimum absolute atomic E-state index is 0.00873. The highest BCUT2D eigenvalue weighted by atomic mass is 32.2. The van der Waals surface area contributed by atoms with Crippen molar-refractivity contribution in [1.29, 1.82) is 0 Å². The number of hydrogen-bond acceptors (Lipinski definition) is 4. The summed E-state index contributed by atoms with van der Waals surface area (Å²) in [5.74, 6) is -0.0239. The van der Waals surface area contributed by atoms with Crippen LogP contribution < -0.4 is 14.9 Å². The second kappa shape index (κ2) is 8.97. The van der Waals surface area contributed by atoms with Crippen molar-refractivity contribution in [2.45, 2.75) is 25.8 Å². The predicted molar refractivity (Wildman–Crippen MR) is 119 cm³/mol. The van der Waals surface area contributed by atoms with Crippen LogP contribution in [0.3, 0.4) is 0 Å². The van der Waals surface area contributed by atoms with Gasteiger partial charge >= 0.3 is 6.03 Å². The average Bonchev–Trinajstić information content (AvgIpc) is 3.35. The number of rotatable bonds is 7. The number of nitrogens with one attached hydrogen (secondary N) is 2. The van der Waals surface area contributed by atoms with Gasteiger partial charge in [-0.2, -0.15) is 0 Å². The van der Waals surface area contributed by atoms with E-state index in [4.69, 9.17) is 0 Å². The van der Waals surface area contributed by atoms with Gasteiger partial charge < -0.3 is 15.5 Å². The molecule has 2 aromatic carbocycles. The fraction of sp³-hybridized carbons (Fsp3) is 0.364. The lowest BCUT2D eigenvalue weighted by molar-refractivity contribution is -0.128. The fourth-order valence-corrected chi connectivity index (χ4v) is 5.44. The number of likely N-dealkylation sites (tertiary alicyclic amines) is 1. The average molecular weight is 443 g/mol. The number of urea groups is 1. The Labute approximate surface area is 182 Å². The lowest BCUT2D eigenvalue weighted by Crippen LogP contribution is -2.38. The minimum atomic E-state index is -3.51. The van der Waals surface area contributed by atoms with E-state index < -0.39 is 16.1 Å². The third kappa shape index (κ3) is 4.99. The largest absolute Gasteiger partial charge is 0.338 e. The first kappa shape index (κ1) is 21.2. The van der Waals surface area contributed by atoms with Crippen LogP contribution in [0.4, 0.5) is 16.2 Å². The second-order valence-electron chi connectivity index (χ2n) is 7.77. The van der Waals surface area contributed by atoms with E-state index in [0.717, 1.165) is 29.8 Å². The van der Waals surface area contributed by atoms with E-state index in [0.29, 0.717) is 31.6 Å². The summed E-state index contributed by atoms with van der Waals surface area (Å²) in [5, 5.41) is 5.34. The third-order valence-corrected chi connectivity index (χ3v) is 7.33. The molecule has 2 N–H and O–H groups in total. The molecule has 8 nitrogen and oxygen atoms in total. The van der Waals surface area contributed by atoms with Crippen LogP contribution in [0, 0.1) is 0 Å². The summed E-state index contributed by atoms with van der Waals surface area (Å²) in [6, 6.07) is 14.3. The molecular weight excluding hydrogens is 416 g/mol. The van der Waals surface area contributed by atoms with Crippen molar-refractivity contribution < 1.29 is 18.0 Å². The van der Waals surface area contributed by atoms with Crippen molar-refractivity contribution in [1.82, 2.24) is 10.2 Å². The van der Waals surface area contributed by atoms with Gasteiger partial charge in [-0.15, -0.1) is 0 Å². The number of hydrogen-bond donors (Lipinski definition) is 2. The molecule has 2 aliphatic heterocycles. The Bertz CT molecular complexity index is 1090. The maximum absolute atomic E-state index is 12.7. The maximum atomic E-state index is 12.7. The standard InChI is InChI=1S/C22H26N4O4S/c27-21-9-4-12-25(21)16-17-5-3-7-19(15-17)24-22(28)23-11-14-31(29,30)26-13-10-18-6-1-2-8-20(18)26/h1-3,5-8,15H,4,9-14,16H2,(H2,23,24,28). The normalized spacial score (nSPS) is 15.8. The smallest absolute Gasteiger partial charge is 0.319 e. The van der Waals surface area contributed by atoms with Crippen molar-refractivity contribution >= 4 is 33.3 Å². The van der Waals surface area contributed by atoms with Gasteiger partial charge in [0.1, 0.15) is 0 Å². The predicted octanol–water partition coefficient (Wildman–Crippen LogP) is 2.32. The molecule has 1 fully saturated rings. The van der Waals surface area contributed by atoms with Gasteiger partial charge in [-0.1, -0.05) is 30.3 Å². The van der Waals surface area contributed by atoms with Gasteiger partial charge in [0.25, 0.3) is 0 Å². The number of amides is 3. The Hall–Kier alpha value is -3.07. The number of benzene rings is 2. The van der Waals surface area contributed by atoms with Crippen LogP contribution in [0.25, 0.3) is 0 Å². The van der Waals surface area contributed by atoms with Gasteiger partial charge in [-0.3, -0.25) is 9.10 Å². The van der Waals surface area contributed by atoms with Crippen LogP contribution in [-0.2, 0) is 27.8 Å². The Morgan fingerprint density at radius 3 is 2.68 bits per heavy atom. The van der Waals surface area contributed by atoms with E-state index in [1.807, 2.05) is 42.5 Å². The molecule has 0 radical (unpaired) electrons. The summed E-state index contributed by atoms with van der Waals surface area (Å²) >= 11 is 0. The second-order valence-corrected chi connectivity index (χ2v) is 9.78. The van der Waals surface area contributed by atoms with E-state index in [9.17, 15) is 18.0 Å². The van der Waals surface area contributed by atoms with Crippen LogP contribution in [0.15, 0.2) is 48.5 Å². The Morgan fingerprint density at radius 2 is 1.87 bits per heavy atom. The van der Waals surface area contributed by atoms with Gasteiger partial charge in [0, 0.05) is 38.3 Å². The molecule has 9 heteroatoms. The van der Waals surface area contributed by atoms with E-state index in [2.05, 4.69) is 10.6 Å². The van der Waals surface area contributed by atoms with Crippen molar-refractivity contribution in [3.05, 3.63) is 59.7 Å². The van der Waals surface area contributed by atoms with Crippen LogP contribution in [-0.4, -0.2) is 50.6 Å². The zero-order valence-corrected chi connectivity index (χ0v) is 18.0. The molecule has 2 heterocycles. The maximum Gasteiger partial charge on any atom is 0.319 e. The SMILES string of the molecule is O=C(NCCS(=O)(=O)N1CCc2ccccc21)Nc1cccc(CN2CCCC2=O)c1. The van der Waals surface area contributed by atoms with Crippen molar-refractivity contribution in [2.75, 3.05) is 35.0 Å². The molecule has 0 spiro atoms. The summed E-state index contributed by atoms with van der Waals surface area (Å²) in [7, 11) is -3.51. The van der Waals surface area contributed by atoms with Crippen LogP contribution >= 0.6 is 0 Å². The summed E-state index contributed by atoms with van der Waals surface area (Å²) in [6.45, 7) is 1.72. The fourth-order valence-electron chi connectivity index (χ4n) is 4.01. The number of sulfonamides is 1. The molecular formula is C22H26N4O4S. The molecule has 1 saturated heterocycles. The van der Waals surface area contributed by atoms with Crippen molar-refractivity contribution in [2.24, 2.45) is 0 Å². The van der Waals surface area contributed by atoms with Crippen molar-refractivity contribution in [3.63, 3.8) is 0 Å². The molecule has 164 valence electrons. The summed E-state index contributed by atoms with van der Waals surface area (Å²) in [6.07, 6.45) is 2.17. The van der Waals surface area contributed by atoms with Gasteiger partial charge in [-0.05, 0) is 42.2 Å². The van der Waals surface area contributed by atoms with Crippen LogP contribution in [0.1, 0.15) is 24.0 Å². The van der Waals surface area contributed by atoms with E-state index in [1.165, 1.54) is 4.31 Å². The highest BCUT2D eigenvalue weighted by Crippen LogP contribution is 2.29. The first-order valence-electron chi connectivity index (χ1n) is 10.4. The van der Waals surface area contributed by atoms with Crippen LogP contribution in [0.2, 0.25) is 0 Å². The lowest BCUT2D eigenvalue weighted by atomic mass is 10.2. The number of carbonyl (C=O) groups excluding carboxylic acids is 2. The molecule has 2 aliphatic rings. The van der Waals surface area contributed by atoms with Gasteiger partial charge in [-0.25, -0.2) is 13.2 Å². The third-order valence-electron chi connectivity index (χ3n) is 5.56. The highest BCUT2D eigenvalue weighted by Gasteiger charge is 2.28. The Balaban J connectivity index is 1.28. The molecule has 31 heavy (non-hydrogen) atoms. The molecule has 0 atom stereocenters. The molecule has 0 unspecified atom stereocenters. The molecule has 0 aromatic heterocycles. The quantitative estimate of drug-likeness (QED) is 0.688. The van der Waals surface area contributed by atoms with Crippen molar-refractivity contribution in [3.8, 4) is 0 Å². The number of nitrogens with zero attached hydrogens (tertiary/aromatic N) is 2. The topological polar surface area (TPSA) is 98.8 Å². The van der Waals surface area contributed by atoms with E-state index in [1.54, 1.807) is 11.0 Å². The number of fused-ring (bicyclic) bond motifs is 1. The number of anilines is 2. The zero-order valence-electron chi connectivity index (χ0n) is 17.2. The first-order chi connectivity index (χ1) is 14.9. The highest BCUT2D eigenvalue weighted by molar-refractivity contribution is 7.92. The Kier molecular flexibility index (Phi) is 6.13. The summed E-state index contributed by atoms with van der Waals surface area (Å²) in [5.41, 5.74) is 3.27. The lowest BCUT2D eigenvalue weighted by Gasteiger charge is -2.19. The Morgan fingerprint density at radius 1 is 1.03 bits per heavy atom. The zero-order chi connectivity index (χ0) is 21.8.